The fraction of sp³-hybridized carbons (Fsp3) is 0.320. The van der Waals surface area contributed by atoms with Crippen LogP contribution in [0.4, 0.5) is 4.79 Å². The Balaban J connectivity index is 1.22. The number of nitrogens with one attached hydrogen (secondary N) is 2. The first kappa shape index (κ1) is 21.6. The quantitative estimate of drug-likeness (QED) is 0.553. The number of hydrogen-bond donors (Lipinski definition) is 3. The first-order chi connectivity index (χ1) is 15.5. The summed E-state index contributed by atoms with van der Waals surface area (Å²) in [5.74, 6) is -1.22. The van der Waals surface area contributed by atoms with E-state index in [1.54, 1.807) is 0 Å². The van der Waals surface area contributed by atoms with E-state index in [0.717, 1.165) is 11.1 Å². The van der Waals surface area contributed by atoms with Crippen molar-refractivity contribution in [3.8, 4) is 11.1 Å². The third-order valence-electron chi connectivity index (χ3n) is 6.13. The van der Waals surface area contributed by atoms with Crippen LogP contribution in [0.25, 0.3) is 11.1 Å². The summed E-state index contributed by atoms with van der Waals surface area (Å²) in [6.45, 7) is 2.29. The molecule has 7 heteroatoms. The van der Waals surface area contributed by atoms with Gasteiger partial charge in [0.15, 0.2) is 0 Å². The van der Waals surface area contributed by atoms with Gasteiger partial charge in [-0.25, -0.2) is 9.59 Å². The van der Waals surface area contributed by atoms with E-state index in [2.05, 4.69) is 34.9 Å². The van der Waals surface area contributed by atoms with Crippen LogP contribution >= 0.6 is 0 Å². The monoisotopic (exact) mass is 434 g/mol. The van der Waals surface area contributed by atoms with Crippen molar-refractivity contribution in [3.63, 3.8) is 0 Å². The van der Waals surface area contributed by atoms with Crippen LogP contribution in [0.15, 0.2) is 60.2 Å². The minimum atomic E-state index is -1.00. The van der Waals surface area contributed by atoms with Gasteiger partial charge in [-0.1, -0.05) is 54.6 Å². The molecule has 0 heterocycles. The first-order valence-corrected chi connectivity index (χ1v) is 10.7. The Kier molecular flexibility index (Phi) is 6.25. The smallest absolute Gasteiger partial charge is 0.407 e. The molecule has 0 saturated heterocycles. The van der Waals surface area contributed by atoms with Crippen molar-refractivity contribution in [1.29, 1.82) is 0 Å². The fourth-order valence-corrected chi connectivity index (χ4v) is 4.18. The molecule has 0 radical (unpaired) electrons. The maximum Gasteiger partial charge on any atom is 0.407 e. The minimum Gasteiger partial charge on any atom is -0.478 e. The highest BCUT2D eigenvalue weighted by Gasteiger charge is 2.42. The van der Waals surface area contributed by atoms with Gasteiger partial charge in [0, 0.05) is 30.5 Å². The number of carboxylic acid groups (broad SMARTS) is 1. The van der Waals surface area contributed by atoms with Gasteiger partial charge in [-0.05, 0) is 41.5 Å². The molecule has 4 rings (SSSR count). The lowest BCUT2D eigenvalue weighted by Gasteiger charge is -2.14. The Bertz CT molecular complexity index is 1030. The maximum atomic E-state index is 12.2. The molecule has 0 spiro atoms. The second-order valence-electron chi connectivity index (χ2n) is 8.25. The summed E-state index contributed by atoms with van der Waals surface area (Å²) >= 11 is 0. The number of alkyl carbamates (subject to hydrolysis) is 1. The van der Waals surface area contributed by atoms with E-state index >= 15 is 0 Å². The second kappa shape index (κ2) is 9.26. The van der Waals surface area contributed by atoms with Crippen LogP contribution in [0, 0.1) is 11.8 Å². The van der Waals surface area contributed by atoms with E-state index in [0.29, 0.717) is 13.0 Å². The molecule has 0 aliphatic heterocycles. The summed E-state index contributed by atoms with van der Waals surface area (Å²) in [6, 6.07) is 16.3. The summed E-state index contributed by atoms with van der Waals surface area (Å²) in [6.07, 6.45) is 1.67. The van der Waals surface area contributed by atoms with Gasteiger partial charge in [-0.15, -0.1) is 0 Å². The van der Waals surface area contributed by atoms with Gasteiger partial charge >= 0.3 is 12.1 Å². The SMILES string of the molecule is C/C(=C\CNC(=O)[C@H]1C[C@H]1CNC(=O)OCC1c2ccccc2-c2ccccc21)C(=O)O. The van der Waals surface area contributed by atoms with E-state index in [4.69, 9.17) is 9.84 Å². The summed E-state index contributed by atoms with van der Waals surface area (Å²) in [7, 11) is 0. The molecule has 2 aromatic rings. The van der Waals surface area contributed by atoms with Crippen LogP contribution in [-0.4, -0.2) is 42.8 Å². The molecule has 1 saturated carbocycles. The first-order valence-electron chi connectivity index (χ1n) is 10.7. The predicted octanol–water partition coefficient (Wildman–Crippen LogP) is 3.31. The molecule has 2 amide bonds. The highest BCUT2D eigenvalue weighted by Crippen LogP contribution is 2.44. The van der Waals surface area contributed by atoms with Crippen LogP contribution in [0.3, 0.4) is 0 Å². The number of fused-ring (bicyclic) bond motifs is 3. The number of aliphatic carboxylic acids is 1. The van der Waals surface area contributed by atoms with Crippen molar-refractivity contribution < 1.29 is 24.2 Å². The van der Waals surface area contributed by atoms with Crippen molar-refractivity contribution in [2.45, 2.75) is 19.3 Å². The van der Waals surface area contributed by atoms with Gasteiger partial charge in [0.25, 0.3) is 0 Å². The molecule has 7 nitrogen and oxygen atoms in total. The average Bonchev–Trinajstić information content (AvgIpc) is 3.51. The van der Waals surface area contributed by atoms with E-state index in [9.17, 15) is 14.4 Å². The number of benzene rings is 2. The van der Waals surface area contributed by atoms with Crippen molar-refractivity contribution >= 4 is 18.0 Å². The van der Waals surface area contributed by atoms with Gasteiger partial charge in [-0.3, -0.25) is 4.79 Å². The van der Waals surface area contributed by atoms with Crippen LogP contribution < -0.4 is 10.6 Å². The number of ether oxygens (including phenoxy) is 1. The summed E-state index contributed by atoms with van der Waals surface area (Å²) < 4.78 is 5.51. The van der Waals surface area contributed by atoms with Gasteiger partial charge in [-0.2, -0.15) is 0 Å². The number of amides is 2. The van der Waals surface area contributed by atoms with Crippen molar-refractivity contribution in [1.82, 2.24) is 10.6 Å². The third kappa shape index (κ3) is 4.66. The molecule has 0 unspecified atom stereocenters. The van der Waals surface area contributed by atoms with Crippen molar-refractivity contribution in [3.05, 3.63) is 71.3 Å². The zero-order valence-electron chi connectivity index (χ0n) is 17.8. The van der Waals surface area contributed by atoms with E-state index in [-0.39, 0.29) is 42.4 Å². The summed E-state index contributed by atoms with van der Waals surface area (Å²) in [5, 5.41) is 14.3. The number of carbonyl (C=O) groups excluding carboxylic acids is 2. The average molecular weight is 434 g/mol. The molecule has 0 bridgehead atoms. The molecule has 32 heavy (non-hydrogen) atoms. The Morgan fingerprint density at radius 1 is 1.03 bits per heavy atom. The number of rotatable bonds is 8. The third-order valence-corrected chi connectivity index (χ3v) is 6.13. The van der Waals surface area contributed by atoms with Gasteiger partial charge < -0.3 is 20.5 Å². The largest absolute Gasteiger partial charge is 0.478 e. The van der Waals surface area contributed by atoms with E-state index < -0.39 is 12.1 Å². The summed E-state index contributed by atoms with van der Waals surface area (Å²) in [5.41, 5.74) is 4.87. The van der Waals surface area contributed by atoms with Crippen LogP contribution in [0.5, 0.6) is 0 Å². The lowest BCUT2D eigenvalue weighted by molar-refractivity contribution is -0.132. The molecule has 1 fully saturated rings. The van der Waals surface area contributed by atoms with Crippen LogP contribution in [-0.2, 0) is 14.3 Å². The molecule has 2 atom stereocenters. The molecule has 3 N–H and O–H groups in total. The predicted molar refractivity (Wildman–Crippen MR) is 119 cm³/mol. The number of carboxylic acids is 1. The molecule has 2 aromatic carbocycles. The molecule has 0 aromatic heterocycles. The molecular weight excluding hydrogens is 408 g/mol. The topological polar surface area (TPSA) is 105 Å². The lowest BCUT2D eigenvalue weighted by atomic mass is 9.98. The van der Waals surface area contributed by atoms with Crippen LogP contribution in [0.2, 0.25) is 0 Å². The van der Waals surface area contributed by atoms with Gasteiger partial charge in [0.05, 0.1) is 0 Å². The van der Waals surface area contributed by atoms with Crippen molar-refractivity contribution in [2.75, 3.05) is 19.7 Å². The zero-order valence-corrected chi connectivity index (χ0v) is 17.8. The van der Waals surface area contributed by atoms with Gasteiger partial charge in [0.2, 0.25) is 5.91 Å². The molecule has 2 aliphatic rings. The highest BCUT2D eigenvalue weighted by atomic mass is 16.5. The molecule has 2 aliphatic carbocycles. The Morgan fingerprint density at radius 2 is 1.66 bits per heavy atom. The Labute approximate surface area is 186 Å². The fourth-order valence-electron chi connectivity index (χ4n) is 4.18. The molecule has 166 valence electrons. The number of hydrogen-bond acceptors (Lipinski definition) is 4. The highest BCUT2D eigenvalue weighted by molar-refractivity contribution is 5.86. The number of carbonyl (C=O) groups is 3. The Hall–Kier alpha value is -3.61. The minimum absolute atomic E-state index is 0.00918. The maximum absolute atomic E-state index is 12.2. The zero-order chi connectivity index (χ0) is 22.7. The Morgan fingerprint density at radius 3 is 2.28 bits per heavy atom. The van der Waals surface area contributed by atoms with E-state index in [1.807, 2.05) is 24.3 Å². The standard InChI is InChI=1S/C25H26N2O5/c1-15(24(29)30)10-11-26-23(28)21-12-16(21)13-27-25(31)32-14-22-19-8-4-2-6-17(19)18-7-3-5-9-20(18)22/h2-10,16,21-22H,11-14H2,1H3,(H,26,28)(H,27,31)(H,29,30)/b15-10+/t16-,21-/m0/s1. The molecular formula is C25H26N2O5. The van der Waals surface area contributed by atoms with Gasteiger partial charge in [0.1, 0.15) is 6.61 Å². The summed E-state index contributed by atoms with van der Waals surface area (Å²) in [4.78, 5) is 35.1. The second-order valence-corrected chi connectivity index (χ2v) is 8.25. The lowest BCUT2D eigenvalue weighted by Crippen LogP contribution is -2.30. The van der Waals surface area contributed by atoms with Crippen LogP contribution in [0.1, 0.15) is 30.4 Å². The van der Waals surface area contributed by atoms with Crippen molar-refractivity contribution in [2.24, 2.45) is 11.8 Å². The normalized spacial score (nSPS) is 19.0. The van der Waals surface area contributed by atoms with E-state index in [1.165, 1.54) is 24.1 Å².